The van der Waals surface area contributed by atoms with Gasteiger partial charge >= 0.3 is 0 Å². The third kappa shape index (κ3) is 3.91. The molecule has 0 radical (unpaired) electrons. The van der Waals surface area contributed by atoms with Crippen molar-refractivity contribution in [3.63, 3.8) is 0 Å². The fraction of sp³-hybridized carbons (Fsp3) is 0.200. The minimum absolute atomic E-state index is 0.0293. The molecule has 1 aromatic carbocycles. The fourth-order valence-corrected chi connectivity index (χ4v) is 4.16. The van der Waals surface area contributed by atoms with Crippen LogP contribution in [0, 0.1) is 5.41 Å². The number of carbonyl (C=O) groups excluding carboxylic acids is 1. The molecule has 0 saturated heterocycles. The van der Waals surface area contributed by atoms with Crippen molar-refractivity contribution in [2.45, 2.75) is 26.2 Å². The molecule has 2 aliphatic rings. The molecular formula is C20H18ClN5O3S. The zero-order valence-electron chi connectivity index (χ0n) is 16.0. The van der Waals surface area contributed by atoms with Crippen LogP contribution in [0.2, 0.25) is 5.02 Å². The maximum Gasteiger partial charge on any atom is 0.283 e. The summed E-state index contributed by atoms with van der Waals surface area (Å²) in [7, 11) is 0. The molecule has 0 aliphatic carbocycles. The second kappa shape index (κ2) is 8.47. The summed E-state index contributed by atoms with van der Waals surface area (Å²) in [4.78, 5) is 16.6. The van der Waals surface area contributed by atoms with Crippen LogP contribution in [0.3, 0.4) is 0 Å². The van der Waals surface area contributed by atoms with E-state index in [1.165, 1.54) is 22.8 Å². The van der Waals surface area contributed by atoms with Gasteiger partial charge in [0, 0.05) is 5.56 Å². The number of furan rings is 1. The van der Waals surface area contributed by atoms with Crippen molar-refractivity contribution in [1.82, 2.24) is 5.01 Å². The van der Waals surface area contributed by atoms with Crippen molar-refractivity contribution in [3.8, 4) is 11.3 Å². The first-order valence-corrected chi connectivity index (χ1v) is 10.5. The molecule has 0 unspecified atom stereocenters. The monoisotopic (exact) mass is 443 g/mol. The number of anilines is 1. The Balaban J connectivity index is 1.60. The predicted molar refractivity (Wildman–Crippen MR) is 119 cm³/mol. The maximum atomic E-state index is 12.5. The van der Waals surface area contributed by atoms with Crippen molar-refractivity contribution >= 4 is 57.1 Å². The average Bonchev–Trinajstić information content (AvgIpc) is 3.36. The number of thioether (sulfide) groups is 1. The molecule has 30 heavy (non-hydrogen) atoms. The van der Waals surface area contributed by atoms with Gasteiger partial charge in [-0.25, -0.2) is 0 Å². The largest absolute Gasteiger partial charge is 0.457 e. The number of nitrogens with zero attached hydrogens (tertiary/aromatic N) is 3. The van der Waals surface area contributed by atoms with Gasteiger partial charge in [0.2, 0.25) is 5.17 Å². The van der Waals surface area contributed by atoms with E-state index in [0.29, 0.717) is 33.0 Å². The van der Waals surface area contributed by atoms with E-state index < -0.39 is 5.91 Å². The molecule has 2 aromatic rings. The lowest BCUT2D eigenvalue weighted by Gasteiger charge is -2.19. The summed E-state index contributed by atoms with van der Waals surface area (Å²) in [5.74, 6) is 0.351. The van der Waals surface area contributed by atoms with Crippen LogP contribution in [0.25, 0.3) is 17.4 Å². The van der Waals surface area contributed by atoms with Crippen molar-refractivity contribution in [2.24, 2.45) is 10.1 Å². The molecule has 1 aromatic heterocycles. The van der Waals surface area contributed by atoms with Crippen LogP contribution >= 0.6 is 23.4 Å². The van der Waals surface area contributed by atoms with E-state index in [1.807, 2.05) is 5.48 Å². The fourth-order valence-electron chi connectivity index (χ4n) is 2.96. The van der Waals surface area contributed by atoms with Crippen LogP contribution in [-0.2, 0) is 4.79 Å². The van der Waals surface area contributed by atoms with Gasteiger partial charge < -0.3 is 4.42 Å². The Morgan fingerprint density at radius 1 is 1.37 bits per heavy atom. The summed E-state index contributed by atoms with van der Waals surface area (Å²) in [5.41, 5.74) is 3.22. The standard InChI is InChI=1S/C20H18ClN5O3S/c1-2-3-4-17-24-26-18(22)14(19(27)23-20(26)30-17)10-12-6-8-16(29-12)13-7-5-11(25-28)9-15(13)21/h5-10,22,25,28H,2-4H2,1H3/b14-10-,22-18?. The van der Waals surface area contributed by atoms with Crippen LogP contribution in [0.4, 0.5) is 5.69 Å². The zero-order valence-corrected chi connectivity index (χ0v) is 17.5. The average molecular weight is 444 g/mol. The number of fused-ring (bicyclic) bond motifs is 1. The van der Waals surface area contributed by atoms with E-state index in [0.717, 1.165) is 24.3 Å². The van der Waals surface area contributed by atoms with Crippen LogP contribution in [0.1, 0.15) is 31.9 Å². The van der Waals surface area contributed by atoms with Gasteiger partial charge in [-0.1, -0.05) is 24.9 Å². The lowest BCUT2D eigenvalue weighted by atomic mass is 10.1. The number of nitrogens with one attached hydrogen (secondary N) is 2. The van der Waals surface area contributed by atoms with Crippen LogP contribution in [0.5, 0.6) is 0 Å². The van der Waals surface area contributed by atoms with E-state index in [2.05, 4.69) is 17.0 Å². The number of hydrogen-bond donors (Lipinski definition) is 3. The minimum Gasteiger partial charge on any atom is -0.457 e. The number of halogens is 1. The third-order valence-electron chi connectivity index (χ3n) is 4.52. The summed E-state index contributed by atoms with van der Waals surface area (Å²) in [6, 6.07) is 8.32. The van der Waals surface area contributed by atoms with E-state index in [-0.39, 0.29) is 11.4 Å². The van der Waals surface area contributed by atoms with Crippen molar-refractivity contribution in [1.29, 1.82) is 5.41 Å². The summed E-state index contributed by atoms with van der Waals surface area (Å²) >= 11 is 7.58. The number of benzene rings is 1. The normalized spacial score (nSPS) is 17.3. The molecule has 0 spiro atoms. The second-order valence-electron chi connectivity index (χ2n) is 6.63. The van der Waals surface area contributed by atoms with E-state index in [9.17, 15) is 4.79 Å². The number of rotatable bonds is 6. The third-order valence-corrected chi connectivity index (χ3v) is 5.80. The number of unbranched alkanes of at least 4 members (excludes halogenated alkanes) is 1. The lowest BCUT2D eigenvalue weighted by Crippen LogP contribution is -2.35. The van der Waals surface area contributed by atoms with Crippen molar-refractivity contribution in [3.05, 3.63) is 46.7 Å². The number of aliphatic imine (C=N–C) groups is 1. The quantitative estimate of drug-likeness (QED) is 0.417. The molecule has 0 fully saturated rings. The molecule has 8 nitrogen and oxygen atoms in total. The SMILES string of the molecule is CCCCC1=NN2C(=N)/C(=C/c3ccc(-c4ccc(NO)cc4Cl)o3)C(=O)N=C2S1. The molecule has 0 bridgehead atoms. The number of hydrazone groups is 1. The molecule has 1 amide bonds. The molecule has 0 saturated carbocycles. The predicted octanol–water partition coefficient (Wildman–Crippen LogP) is 5.21. The Bertz CT molecular complexity index is 1120. The van der Waals surface area contributed by atoms with Crippen molar-refractivity contribution in [2.75, 3.05) is 5.48 Å². The Morgan fingerprint density at radius 3 is 2.93 bits per heavy atom. The molecule has 10 heteroatoms. The van der Waals surface area contributed by atoms with Crippen LogP contribution in [0.15, 0.2) is 50.4 Å². The maximum absolute atomic E-state index is 12.5. The summed E-state index contributed by atoms with van der Waals surface area (Å²) in [5, 5.41) is 24.9. The molecule has 3 N–H and O–H groups in total. The molecule has 3 heterocycles. The summed E-state index contributed by atoms with van der Waals surface area (Å²) < 4.78 is 5.81. The Morgan fingerprint density at radius 2 is 2.20 bits per heavy atom. The molecular weight excluding hydrogens is 426 g/mol. The van der Waals surface area contributed by atoms with Crippen LogP contribution < -0.4 is 5.48 Å². The Kier molecular flexibility index (Phi) is 5.76. The Hall–Kier alpha value is -2.88. The van der Waals surface area contributed by atoms with Gasteiger partial charge in [-0.05, 0) is 61.0 Å². The van der Waals surface area contributed by atoms with Gasteiger partial charge in [0.1, 0.15) is 16.6 Å². The lowest BCUT2D eigenvalue weighted by molar-refractivity contribution is -0.114. The topological polar surface area (TPSA) is 114 Å². The zero-order chi connectivity index (χ0) is 21.3. The van der Waals surface area contributed by atoms with Gasteiger partial charge in [-0.15, -0.1) is 0 Å². The first kappa shape index (κ1) is 20.4. The second-order valence-corrected chi connectivity index (χ2v) is 8.07. The molecule has 2 aliphatic heterocycles. The molecule has 0 atom stereocenters. The van der Waals surface area contributed by atoms with Gasteiger partial charge in [-0.3, -0.25) is 20.9 Å². The van der Waals surface area contributed by atoms with Gasteiger partial charge in [-0.2, -0.15) is 15.1 Å². The number of amidine groups is 2. The Labute approximate surface area is 181 Å². The smallest absolute Gasteiger partial charge is 0.283 e. The van der Waals surface area contributed by atoms with Crippen LogP contribution in [-0.4, -0.2) is 32.2 Å². The summed E-state index contributed by atoms with van der Waals surface area (Å²) in [6.07, 6.45) is 4.31. The molecule has 154 valence electrons. The van der Waals surface area contributed by atoms with E-state index in [4.69, 9.17) is 26.6 Å². The first-order chi connectivity index (χ1) is 14.5. The van der Waals surface area contributed by atoms with Gasteiger partial charge in [0.05, 0.1) is 16.3 Å². The number of hydrogen-bond acceptors (Lipinski definition) is 7. The highest BCUT2D eigenvalue weighted by molar-refractivity contribution is 8.26. The highest BCUT2D eigenvalue weighted by Crippen LogP contribution is 2.33. The van der Waals surface area contributed by atoms with E-state index >= 15 is 0 Å². The summed E-state index contributed by atoms with van der Waals surface area (Å²) in [6.45, 7) is 2.10. The van der Waals surface area contributed by atoms with Crippen molar-refractivity contribution < 1.29 is 14.4 Å². The first-order valence-electron chi connectivity index (χ1n) is 9.29. The molecule has 4 rings (SSSR count). The number of carbonyl (C=O) groups is 1. The van der Waals surface area contributed by atoms with E-state index in [1.54, 1.807) is 30.3 Å². The highest BCUT2D eigenvalue weighted by atomic mass is 35.5. The highest BCUT2D eigenvalue weighted by Gasteiger charge is 2.35. The van der Waals surface area contributed by atoms with Gasteiger partial charge in [0.25, 0.3) is 5.91 Å². The number of amides is 1. The van der Waals surface area contributed by atoms with Gasteiger partial charge in [0.15, 0.2) is 5.84 Å². The minimum atomic E-state index is -0.500.